The summed E-state index contributed by atoms with van der Waals surface area (Å²) >= 11 is 1.51. The fourth-order valence-corrected chi connectivity index (χ4v) is 4.29. The molecule has 1 aliphatic rings. The van der Waals surface area contributed by atoms with Gasteiger partial charge in [-0.1, -0.05) is 18.2 Å². The van der Waals surface area contributed by atoms with Crippen molar-refractivity contribution in [3.63, 3.8) is 0 Å². The minimum atomic E-state index is -0.346. The highest BCUT2D eigenvalue weighted by atomic mass is 35.5. The maximum absolute atomic E-state index is 12.8. The number of rotatable bonds is 2. The molecule has 1 aliphatic heterocycles. The summed E-state index contributed by atoms with van der Waals surface area (Å²) in [5.74, 6) is 0.726. The second kappa shape index (κ2) is 6.82. The Morgan fingerprint density at radius 1 is 1.23 bits per heavy atom. The molecule has 26 heavy (non-hydrogen) atoms. The number of carbonyl (C=O) groups is 1. The van der Waals surface area contributed by atoms with Gasteiger partial charge in [-0.15, -0.1) is 23.7 Å². The van der Waals surface area contributed by atoms with E-state index >= 15 is 0 Å². The third kappa shape index (κ3) is 3.50. The van der Waals surface area contributed by atoms with Crippen molar-refractivity contribution in [2.45, 2.75) is 31.9 Å². The average molecular weight is 389 g/mol. The van der Waals surface area contributed by atoms with Gasteiger partial charge in [0.1, 0.15) is 11.4 Å². The maximum atomic E-state index is 12.8. The van der Waals surface area contributed by atoms with Crippen LogP contribution in [0.4, 0.5) is 5.69 Å². The number of hydrogen-bond donors (Lipinski definition) is 2. The molecule has 1 aromatic heterocycles. The number of nitrogens with two attached hydrogens (primary N) is 1. The summed E-state index contributed by atoms with van der Waals surface area (Å²) < 4.78 is 7.15. The molecule has 3 N–H and O–H groups in total. The van der Waals surface area contributed by atoms with E-state index in [0.29, 0.717) is 12.1 Å². The molecule has 3 aromatic rings. The number of benzene rings is 2. The first-order valence-electron chi connectivity index (χ1n) is 8.29. The fraction of sp³-hybridized carbons (Fsp3) is 0.250. The molecule has 0 radical (unpaired) electrons. The highest BCUT2D eigenvalue weighted by Crippen LogP contribution is 2.40. The number of anilines is 1. The topological polar surface area (TPSA) is 64.4 Å². The van der Waals surface area contributed by atoms with Gasteiger partial charge >= 0.3 is 0 Å². The molecular weight excluding hydrogens is 368 g/mol. The fourth-order valence-electron chi connectivity index (χ4n) is 3.33. The summed E-state index contributed by atoms with van der Waals surface area (Å²) in [7, 11) is 0. The molecule has 2 aromatic carbocycles. The highest BCUT2D eigenvalue weighted by molar-refractivity contribution is 7.20. The van der Waals surface area contributed by atoms with Crippen LogP contribution in [0.25, 0.3) is 10.1 Å². The van der Waals surface area contributed by atoms with E-state index < -0.39 is 0 Å². The number of ether oxygens (including phenoxy) is 1. The Kier molecular flexibility index (Phi) is 4.86. The van der Waals surface area contributed by atoms with Gasteiger partial charge in [-0.3, -0.25) is 4.79 Å². The lowest BCUT2D eigenvalue weighted by Gasteiger charge is -2.38. The van der Waals surface area contributed by atoms with Crippen molar-refractivity contribution in [3.05, 3.63) is 59.0 Å². The highest BCUT2D eigenvalue weighted by Gasteiger charge is 2.35. The standard InChI is InChI=1S/C20H20N2O2S.ClH/c1-20(2)11-15(14-10-13(21)7-8-16(14)24-20)22-19(23)18-9-12-5-3-4-6-17(12)25-18;/h3-10,15H,11,21H2,1-2H3,(H,22,23);1H. The van der Waals surface area contributed by atoms with Crippen LogP contribution >= 0.6 is 23.7 Å². The molecule has 1 atom stereocenters. The summed E-state index contributed by atoms with van der Waals surface area (Å²) in [6.07, 6.45) is 0.695. The zero-order valence-electron chi connectivity index (χ0n) is 14.6. The van der Waals surface area contributed by atoms with Crippen LogP contribution in [0.1, 0.15) is 41.5 Å². The van der Waals surface area contributed by atoms with E-state index in [-0.39, 0.29) is 30.0 Å². The van der Waals surface area contributed by atoms with Gasteiger partial charge < -0.3 is 15.8 Å². The van der Waals surface area contributed by atoms with Gasteiger partial charge in [0.25, 0.3) is 5.91 Å². The largest absolute Gasteiger partial charge is 0.487 e. The van der Waals surface area contributed by atoms with Crippen LogP contribution in [0.2, 0.25) is 0 Å². The van der Waals surface area contributed by atoms with Crippen molar-refractivity contribution < 1.29 is 9.53 Å². The van der Waals surface area contributed by atoms with Crippen molar-refractivity contribution in [3.8, 4) is 5.75 Å². The number of fused-ring (bicyclic) bond motifs is 2. The van der Waals surface area contributed by atoms with Crippen molar-refractivity contribution in [2.75, 3.05) is 5.73 Å². The minimum Gasteiger partial charge on any atom is -0.487 e. The molecule has 0 saturated carbocycles. The smallest absolute Gasteiger partial charge is 0.261 e. The number of carbonyl (C=O) groups excluding carboxylic acids is 1. The van der Waals surface area contributed by atoms with Crippen molar-refractivity contribution in [1.82, 2.24) is 5.32 Å². The second-order valence-electron chi connectivity index (χ2n) is 7.04. The van der Waals surface area contributed by atoms with Gasteiger partial charge in [0.15, 0.2) is 0 Å². The van der Waals surface area contributed by atoms with Gasteiger partial charge in [0.05, 0.1) is 10.9 Å². The summed E-state index contributed by atoms with van der Waals surface area (Å²) in [4.78, 5) is 13.5. The minimum absolute atomic E-state index is 0. The predicted octanol–water partition coefficient (Wildman–Crippen LogP) is 4.94. The van der Waals surface area contributed by atoms with Crippen LogP contribution in [-0.4, -0.2) is 11.5 Å². The molecule has 0 bridgehead atoms. The molecule has 0 fully saturated rings. The third-order valence-electron chi connectivity index (χ3n) is 4.45. The zero-order valence-corrected chi connectivity index (χ0v) is 16.2. The molecule has 1 unspecified atom stereocenters. The quantitative estimate of drug-likeness (QED) is 0.611. The summed E-state index contributed by atoms with van der Waals surface area (Å²) in [6, 6.07) is 15.4. The Labute approximate surface area is 162 Å². The lowest BCUT2D eigenvalue weighted by molar-refractivity contribution is 0.0621. The zero-order chi connectivity index (χ0) is 17.6. The Hall–Kier alpha value is -2.24. The number of nitrogens with one attached hydrogen (secondary N) is 1. The molecule has 4 nitrogen and oxygen atoms in total. The normalized spacial score (nSPS) is 17.7. The molecule has 0 spiro atoms. The Bertz CT molecular complexity index is 934. The van der Waals surface area contributed by atoms with Gasteiger partial charge in [-0.25, -0.2) is 0 Å². The van der Waals surface area contributed by atoms with Crippen LogP contribution < -0.4 is 15.8 Å². The maximum Gasteiger partial charge on any atom is 0.261 e. The summed E-state index contributed by atoms with van der Waals surface area (Å²) in [5.41, 5.74) is 7.20. The number of nitrogen functional groups attached to an aromatic ring is 1. The van der Waals surface area contributed by atoms with Crippen LogP contribution in [0.3, 0.4) is 0 Å². The third-order valence-corrected chi connectivity index (χ3v) is 5.56. The molecular formula is C20H21ClN2O2S. The molecule has 4 rings (SSSR count). The Morgan fingerprint density at radius 3 is 2.77 bits per heavy atom. The van der Waals surface area contributed by atoms with Gasteiger partial charge in [-0.2, -0.15) is 0 Å². The van der Waals surface area contributed by atoms with Crippen molar-refractivity contribution >= 4 is 45.4 Å². The second-order valence-corrected chi connectivity index (χ2v) is 8.12. The molecule has 2 heterocycles. The Balaban J connectivity index is 0.00000196. The lowest BCUT2D eigenvalue weighted by atomic mass is 9.89. The van der Waals surface area contributed by atoms with Crippen molar-refractivity contribution in [1.29, 1.82) is 0 Å². The number of halogens is 1. The van der Waals surface area contributed by atoms with E-state index in [9.17, 15) is 4.79 Å². The summed E-state index contributed by atoms with van der Waals surface area (Å²) in [6.45, 7) is 4.07. The molecule has 1 amide bonds. The van der Waals surface area contributed by atoms with Crippen LogP contribution in [0, 0.1) is 0 Å². The average Bonchev–Trinajstić information content (AvgIpc) is 2.99. The number of thiophene rings is 1. The SMILES string of the molecule is CC1(C)CC(NC(=O)c2cc3ccccc3s2)c2cc(N)ccc2O1.Cl. The van der Waals surface area contributed by atoms with E-state index in [1.807, 2.05) is 62.4 Å². The first kappa shape index (κ1) is 18.5. The monoisotopic (exact) mass is 388 g/mol. The van der Waals surface area contributed by atoms with Crippen LogP contribution in [0.5, 0.6) is 5.75 Å². The van der Waals surface area contributed by atoms with Gasteiger partial charge in [-0.05, 0) is 49.6 Å². The van der Waals surface area contributed by atoms with E-state index in [0.717, 1.165) is 26.3 Å². The number of amides is 1. The van der Waals surface area contributed by atoms with Crippen LogP contribution in [0.15, 0.2) is 48.5 Å². The lowest BCUT2D eigenvalue weighted by Crippen LogP contribution is -2.41. The first-order chi connectivity index (χ1) is 11.9. The van der Waals surface area contributed by atoms with E-state index in [2.05, 4.69) is 5.32 Å². The van der Waals surface area contributed by atoms with Gasteiger partial charge in [0.2, 0.25) is 0 Å². The molecule has 0 aliphatic carbocycles. The van der Waals surface area contributed by atoms with Gasteiger partial charge in [0, 0.05) is 22.4 Å². The van der Waals surface area contributed by atoms with E-state index in [4.69, 9.17) is 10.5 Å². The molecule has 136 valence electrons. The molecule has 0 saturated heterocycles. The van der Waals surface area contributed by atoms with E-state index in [1.54, 1.807) is 0 Å². The van der Waals surface area contributed by atoms with Crippen molar-refractivity contribution in [2.24, 2.45) is 0 Å². The first-order valence-corrected chi connectivity index (χ1v) is 9.11. The van der Waals surface area contributed by atoms with E-state index in [1.165, 1.54) is 11.3 Å². The van der Waals surface area contributed by atoms with Crippen LogP contribution in [-0.2, 0) is 0 Å². The Morgan fingerprint density at radius 2 is 2.00 bits per heavy atom. The molecule has 6 heteroatoms. The summed E-state index contributed by atoms with van der Waals surface area (Å²) in [5, 5.41) is 4.26. The number of hydrogen-bond acceptors (Lipinski definition) is 4. The predicted molar refractivity (Wildman–Crippen MR) is 109 cm³/mol.